The van der Waals surface area contributed by atoms with Gasteiger partial charge in [-0.25, -0.2) is 0 Å². The van der Waals surface area contributed by atoms with E-state index in [0.29, 0.717) is 36.3 Å². The van der Waals surface area contributed by atoms with E-state index in [9.17, 15) is 4.79 Å². The van der Waals surface area contributed by atoms with Crippen LogP contribution in [0.4, 0.5) is 0 Å². The van der Waals surface area contributed by atoms with Crippen LogP contribution in [-0.2, 0) is 13.2 Å². The molecule has 2 aromatic carbocycles. The molecule has 0 unspecified atom stereocenters. The van der Waals surface area contributed by atoms with Crippen molar-refractivity contribution in [2.75, 3.05) is 26.2 Å². The summed E-state index contributed by atoms with van der Waals surface area (Å²) in [7, 11) is 0. The number of ether oxygens (including phenoxy) is 1. The lowest BCUT2D eigenvalue weighted by Gasteiger charge is -2.34. The van der Waals surface area contributed by atoms with Crippen LogP contribution in [0.15, 0.2) is 47.8 Å². The third-order valence-electron chi connectivity index (χ3n) is 5.76. The highest BCUT2D eigenvalue weighted by atomic mass is 35.5. The molecule has 7 heteroatoms. The van der Waals surface area contributed by atoms with Crippen LogP contribution in [0.1, 0.15) is 31.9 Å². The Labute approximate surface area is 203 Å². The number of rotatable bonds is 6. The molecule has 0 saturated carbocycles. The van der Waals surface area contributed by atoms with E-state index in [0.717, 1.165) is 46.0 Å². The van der Waals surface area contributed by atoms with Gasteiger partial charge in [0, 0.05) is 53.9 Å². The van der Waals surface area contributed by atoms with Crippen molar-refractivity contribution in [2.45, 2.75) is 27.0 Å². The quantitative estimate of drug-likeness (QED) is 0.413. The third-order valence-corrected chi connectivity index (χ3v) is 7.43. The summed E-state index contributed by atoms with van der Waals surface area (Å²) in [6, 6.07) is 13.7. The van der Waals surface area contributed by atoms with Crippen LogP contribution in [0.5, 0.6) is 5.75 Å². The molecule has 1 aliphatic rings. The number of benzene rings is 2. The fourth-order valence-corrected chi connectivity index (χ4v) is 5.30. The van der Waals surface area contributed by atoms with Crippen molar-refractivity contribution < 1.29 is 9.53 Å². The molecule has 1 saturated heterocycles. The molecule has 1 amide bonds. The average molecular weight is 489 g/mol. The van der Waals surface area contributed by atoms with Gasteiger partial charge in [-0.15, -0.1) is 11.3 Å². The second kappa shape index (κ2) is 10.3. The van der Waals surface area contributed by atoms with Crippen molar-refractivity contribution in [3.63, 3.8) is 0 Å². The number of hydrogen-bond donors (Lipinski definition) is 0. The minimum atomic E-state index is 0.0868. The first-order chi connectivity index (χ1) is 15.4. The van der Waals surface area contributed by atoms with Gasteiger partial charge < -0.3 is 9.64 Å². The largest absolute Gasteiger partial charge is 0.488 e. The van der Waals surface area contributed by atoms with Gasteiger partial charge in [-0.1, -0.05) is 47.5 Å². The van der Waals surface area contributed by atoms with E-state index >= 15 is 0 Å². The Morgan fingerprint density at radius 1 is 1.00 bits per heavy atom. The van der Waals surface area contributed by atoms with Crippen LogP contribution in [-0.4, -0.2) is 41.9 Å². The fourth-order valence-electron chi connectivity index (χ4n) is 3.92. The van der Waals surface area contributed by atoms with Crippen LogP contribution < -0.4 is 4.74 Å². The number of para-hydroxylation sites is 1. The van der Waals surface area contributed by atoms with Crippen LogP contribution >= 0.6 is 34.5 Å². The molecule has 0 N–H and O–H groups in total. The van der Waals surface area contributed by atoms with E-state index < -0.39 is 0 Å². The predicted octanol–water partition coefficient (Wildman–Crippen LogP) is 6.21. The predicted molar refractivity (Wildman–Crippen MR) is 132 cm³/mol. The first kappa shape index (κ1) is 23.1. The Morgan fingerprint density at radius 3 is 2.28 bits per heavy atom. The summed E-state index contributed by atoms with van der Waals surface area (Å²) in [5.74, 6) is 1.00. The number of carbonyl (C=O) groups is 1. The van der Waals surface area contributed by atoms with Gasteiger partial charge in [0.15, 0.2) is 0 Å². The van der Waals surface area contributed by atoms with Crippen LogP contribution in [0, 0.1) is 13.8 Å². The molecule has 32 heavy (non-hydrogen) atoms. The Morgan fingerprint density at radius 2 is 1.62 bits per heavy atom. The zero-order valence-corrected chi connectivity index (χ0v) is 20.6. The molecule has 3 aromatic rings. The summed E-state index contributed by atoms with van der Waals surface area (Å²) in [5, 5.41) is 3.38. The number of hydrogen-bond acceptors (Lipinski definition) is 4. The summed E-state index contributed by atoms with van der Waals surface area (Å²) in [4.78, 5) is 18.0. The number of piperazine rings is 1. The summed E-state index contributed by atoms with van der Waals surface area (Å²) >= 11 is 14.1. The Balaban J connectivity index is 1.31. The molecular formula is C25H26Cl2N2O2S. The van der Waals surface area contributed by atoms with Gasteiger partial charge in [-0.2, -0.15) is 0 Å². The topological polar surface area (TPSA) is 32.8 Å². The van der Waals surface area contributed by atoms with Crippen LogP contribution in [0.25, 0.3) is 0 Å². The van der Waals surface area contributed by atoms with Crippen LogP contribution in [0.3, 0.4) is 0 Å². The molecule has 0 aliphatic carbocycles. The van der Waals surface area contributed by atoms with Crippen molar-refractivity contribution >= 4 is 40.4 Å². The van der Waals surface area contributed by atoms with Crippen LogP contribution in [0.2, 0.25) is 10.0 Å². The van der Waals surface area contributed by atoms with Gasteiger partial charge in [-0.05, 0) is 48.6 Å². The lowest BCUT2D eigenvalue weighted by atomic mass is 10.1. The molecule has 0 spiro atoms. The van der Waals surface area contributed by atoms with E-state index in [1.165, 1.54) is 11.3 Å². The molecule has 4 rings (SSSR count). The van der Waals surface area contributed by atoms with E-state index in [1.807, 2.05) is 66.6 Å². The normalized spacial score (nSPS) is 14.6. The molecule has 2 heterocycles. The maximum absolute atomic E-state index is 13.0. The molecule has 1 aromatic heterocycles. The fraction of sp³-hybridized carbons (Fsp3) is 0.320. The minimum Gasteiger partial charge on any atom is -0.488 e. The van der Waals surface area contributed by atoms with Gasteiger partial charge >= 0.3 is 0 Å². The van der Waals surface area contributed by atoms with Gasteiger partial charge in [0.2, 0.25) is 0 Å². The van der Waals surface area contributed by atoms with Gasteiger partial charge in [0.1, 0.15) is 12.4 Å². The highest BCUT2D eigenvalue weighted by Gasteiger charge is 2.24. The maximum atomic E-state index is 13.0. The molecule has 1 fully saturated rings. The molecular weight excluding hydrogens is 463 g/mol. The number of aryl methyl sites for hydroxylation is 2. The summed E-state index contributed by atoms with van der Waals surface area (Å²) < 4.78 is 6.04. The highest BCUT2D eigenvalue weighted by molar-refractivity contribution is 7.12. The zero-order chi connectivity index (χ0) is 22.7. The SMILES string of the molecule is Cc1cccc(C)c1OCc1csc(C(=O)N2CCN(Cc3c(Cl)cccc3Cl)CC2)c1. The Bertz CT molecular complexity index is 1070. The lowest BCUT2D eigenvalue weighted by Crippen LogP contribution is -2.48. The lowest BCUT2D eigenvalue weighted by molar-refractivity contribution is 0.0633. The zero-order valence-electron chi connectivity index (χ0n) is 18.2. The standard InChI is InChI=1S/C25H26Cl2N2O2S/c1-17-5-3-6-18(2)24(17)31-15-19-13-23(32-16-19)25(30)29-11-9-28(10-12-29)14-20-21(26)7-4-8-22(20)27/h3-8,13,16H,9-12,14-15H2,1-2H3. The van der Waals surface area contributed by atoms with Crippen molar-refractivity contribution in [3.05, 3.63) is 85.0 Å². The second-order valence-electron chi connectivity index (χ2n) is 8.10. The molecule has 4 nitrogen and oxygen atoms in total. The number of nitrogens with zero attached hydrogens (tertiary/aromatic N) is 2. The molecule has 0 bridgehead atoms. The van der Waals surface area contributed by atoms with E-state index in [2.05, 4.69) is 4.90 Å². The Kier molecular flexibility index (Phi) is 7.41. The third kappa shape index (κ3) is 5.29. The number of carbonyl (C=O) groups excluding carboxylic acids is 1. The van der Waals surface area contributed by atoms with E-state index in [-0.39, 0.29) is 5.91 Å². The molecule has 0 atom stereocenters. The van der Waals surface area contributed by atoms with E-state index in [1.54, 1.807) is 0 Å². The van der Waals surface area contributed by atoms with Crippen molar-refractivity contribution in [3.8, 4) is 5.75 Å². The molecule has 1 aliphatic heterocycles. The average Bonchev–Trinajstić information content (AvgIpc) is 3.25. The van der Waals surface area contributed by atoms with Gasteiger partial charge in [0.25, 0.3) is 5.91 Å². The van der Waals surface area contributed by atoms with Gasteiger partial charge in [0.05, 0.1) is 4.88 Å². The first-order valence-corrected chi connectivity index (χ1v) is 12.3. The summed E-state index contributed by atoms with van der Waals surface area (Å²) in [6.45, 7) is 8.21. The first-order valence-electron chi connectivity index (χ1n) is 10.6. The van der Waals surface area contributed by atoms with Crippen molar-refractivity contribution in [1.82, 2.24) is 9.80 Å². The van der Waals surface area contributed by atoms with Gasteiger partial charge in [-0.3, -0.25) is 9.69 Å². The van der Waals surface area contributed by atoms with Crippen molar-refractivity contribution in [2.24, 2.45) is 0 Å². The summed E-state index contributed by atoms with van der Waals surface area (Å²) in [6.07, 6.45) is 0. The smallest absolute Gasteiger partial charge is 0.264 e. The van der Waals surface area contributed by atoms with Crippen molar-refractivity contribution in [1.29, 1.82) is 0 Å². The molecule has 168 valence electrons. The minimum absolute atomic E-state index is 0.0868. The number of amides is 1. The Hall–Kier alpha value is -2.05. The second-order valence-corrected chi connectivity index (χ2v) is 9.82. The monoisotopic (exact) mass is 488 g/mol. The number of thiophene rings is 1. The number of halogens is 2. The van der Waals surface area contributed by atoms with E-state index in [4.69, 9.17) is 27.9 Å². The highest BCUT2D eigenvalue weighted by Crippen LogP contribution is 2.27. The maximum Gasteiger partial charge on any atom is 0.264 e. The summed E-state index contributed by atoms with van der Waals surface area (Å²) in [5.41, 5.74) is 4.20. The molecule has 0 radical (unpaired) electrons.